The molecule has 2 aliphatic rings. The van der Waals surface area contributed by atoms with E-state index in [0.717, 1.165) is 13.1 Å². The van der Waals surface area contributed by atoms with Crippen molar-refractivity contribution in [1.29, 1.82) is 0 Å². The molecule has 0 unspecified atom stereocenters. The Labute approximate surface area is 92.4 Å². The van der Waals surface area contributed by atoms with Crippen LogP contribution >= 0.6 is 0 Å². The molecule has 0 aromatic heterocycles. The van der Waals surface area contributed by atoms with E-state index in [2.05, 4.69) is 4.90 Å². The molecular weight excluding hydrogens is 188 g/mol. The fourth-order valence-corrected chi connectivity index (χ4v) is 2.71. The minimum absolute atomic E-state index is 0.297. The Morgan fingerprint density at radius 1 is 1.07 bits per heavy atom. The molecule has 1 saturated carbocycles. The van der Waals surface area contributed by atoms with Crippen LogP contribution in [0.1, 0.15) is 38.5 Å². The molecule has 1 aliphatic carbocycles. The highest BCUT2D eigenvalue weighted by Crippen LogP contribution is 2.22. The normalized spacial score (nSPS) is 26.7. The zero-order valence-corrected chi connectivity index (χ0v) is 9.74. The van der Waals surface area contributed by atoms with Crippen LogP contribution in [0.5, 0.6) is 0 Å². The largest absolute Gasteiger partial charge is 0.343 e. The third kappa shape index (κ3) is 2.71. The third-order valence-electron chi connectivity index (χ3n) is 3.83. The molecule has 0 aromatic rings. The lowest BCUT2D eigenvalue weighted by Gasteiger charge is -2.37. The van der Waals surface area contributed by atoms with Crippen molar-refractivity contribution >= 4 is 5.91 Å². The Balaban J connectivity index is 1.89. The van der Waals surface area contributed by atoms with Crippen LogP contribution in [0, 0.1) is 0 Å². The van der Waals surface area contributed by atoms with Crippen LogP contribution in [-0.2, 0) is 4.79 Å². The fourth-order valence-electron chi connectivity index (χ4n) is 2.71. The van der Waals surface area contributed by atoms with Gasteiger partial charge >= 0.3 is 0 Å². The van der Waals surface area contributed by atoms with Gasteiger partial charge < -0.3 is 4.90 Å². The predicted molar refractivity (Wildman–Crippen MR) is 60.7 cm³/mol. The summed E-state index contributed by atoms with van der Waals surface area (Å²) in [5, 5.41) is 0. The first-order valence-corrected chi connectivity index (χ1v) is 6.25. The predicted octanol–water partition coefficient (Wildman–Crippen LogP) is 1.48. The van der Waals surface area contributed by atoms with Gasteiger partial charge in [-0.15, -0.1) is 0 Å². The maximum absolute atomic E-state index is 11.6. The standard InChI is InChI=1S/C12H22N2O/c1-13-8-9-14(10-12(13)15)11-6-4-2-3-5-7-11/h11H,2-10H2,1H3. The van der Waals surface area contributed by atoms with E-state index in [1.54, 1.807) is 0 Å². The second kappa shape index (κ2) is 4.97. The molecule has 3 nitrogen and oxygen atoms in total. The van der Waals surface area contributed by atoms with Crippen molar-refractivity contribution in [3.63, 3.8) is 0 Å². The molecule has 2 fully saturated rings. The molecule has 1 heterocycles. The van der Waals surface area contributed by atoms with E-state index in [1.165, 1.54) is 38.5 Å². The van der Waals surface area contributed by atoms with Crippen LogP contribution in [0.4, 0.5) is 0 Å². The SMILES string of the molecule is CN1CCN(C2CCCCCC2)CC1=O. The molecule has 0 bridgehead atoms. The van der Waals surface area contributed by atoms with Crippen LogP contribution in [0.2, 0.25) is 0 Å². The maximum atomic E-state index is 11.6. The Bertz CT molecular complexity index is 222. The van der Waals surface area contributed by atoms with Crippen LogP contribution in [0.15, 0.2) is 0 Å². The molecule has 0 spiro atoms. The van der Waals surface area contributed by atoms with Crippen molar-refractivity contribution in [3.8, 4) is 0 Å². The number of hydrogen-bond donors (Lipinski definition) is 0. The van der Waals surface area contributed by atoms with Gasteiger partial charge in [0.1, 0.15) is 0 Å². The van der Waals surface area contributed by atoms with Crippen LogP contribution < -0.4 is 0 Å². The molecule has 3 heteroatoms. The Morgan fingerprint density at radius 2 is 1.73 bits per heavy atom. The molecule has 0 N–H and O–H groups in total. The third-order valence-corrected chi connectivity index (χ3v) is 3.83. The fraction of sp³-hybridized carbons (Fsp3) is 0.917. The van der Waals surface area contributed by atoms with Gasteiger partial charge in [-0.1, -0.05) is 25.7 Å². The summed E-state index contributed by atoms with van der Waals surface area (Å²) in [6, 6.07) is 0.685. The van der Waals surface area contributed by atoms with Gasteiger partial charge in [-0.2, -0.15) is 0 Å². The lowest BCUT2D eigenvalue weighted by molar-refractivity contribution is -0.135. The van der Waals surface area contributed by atoms with Gasteiger partial charge in [-0.3, -0.25) is 9.69 Å². The highest BCUT2D eigenvalue weighted by Gasteiger charge is 2.27. The molecule has 0 aromatic carbocycles. The quantitative estimate of drug-likeness (QED) is 0.612. The Kier molecular flexibility index (Phi) is 3.62. The summed E-state index contributed by atoms with van der Waals surface area (Å²) in [4.78, 5) is 15.9. The summed E-state index contributed by atoms with van der Waals surface area (Å²) < 4.78 is 0. The number of likely N-dealkylation sites (N-methyl/N-ethyl adjacent to an activating group) is 1. The number of carbonyl (C=O) groups excluding carboxylic acids is 1. The maximum Gasteiger partial charge on any atom is 0.236 e. The lowest BCUT2D eigenvalue weighted by Crippen LogP contribution is -2.52. The van der Waals surface area contributed by atoms with E-state index in [-0.39, 0.29) is 0 Å². The van der Waals surface area contributed by atoms with Crippen molar-refractivity contribution in [2.75, 3.05) is 26.7 Å². The number of amides is 1. The van der Waals surface area contributed by atoms with Gasteiger partial charge in [0.15, 0.2) is 0 Å². The number of carbonyl (C=O) groups is 1. The summed E-state index contributed by atoms with van der Waals surface area (Å²) in [6.07, 6.45) is 8.08. The van der Waals surface area contributed by atoms with Crippen molar-refractivity contribution in [1.82, 2.24) is 9.80 Å². The molecule has 0 atom stereocenters. The molecule has 1 saturated heterocycles. The van der Waals surface area contributed by atoms with E-state index in [1.807, 2.05) is 11.9 Å². The summed E-state index contributed by atoms with van der Waals surface area (Å²) in [7, 11) is 1.91. The summed E-state index contributed by atoms with van der Waals surface area (Å²) in [6.45, 7) is 2.64. The summed E-state index contributed by atoms with van der Waals surface area (Å²) >= 11 is 0. The van der Waals surface area contributed by atoms with Crippen molar-refractivity contribution in [2.45, 2.75) is 44.6 Å². The van der Waals surface area contributed by atoms with Gasteiger partial charge in [0, 0.05) is 26.2 Å². The minimum Gasteiger partial charge on any atom is -0.343 e. The van der Waals surface area contributed by atoms with Crippen LogP contribution in [0.25, 0.3) is 0 Å². The molecule has 0 radical (unpaired) electrons. The van der Waals surface area contributed by atoms with E-state index in [9.17, 15) is 4.79 Å². The second-order valence-electron chi connectivity index (χ2n) is 4.93. The number of hydrogen-bond acceptors (Lipinski definition) is 2. The average Bonchev–Trinajstić information content (AvgIpc) is 2.50. The monoisotopic (exact) mass is 210 g/mol. The second-order valence-corrected chi connectivity index (χ2v) is 4.93. The zero-order chi connectivity index (χ0) is 10.7. The lowest BCUT2D eigenvalue weighted by atomic mass is 10.1. The first-order valence-electron chi connectivity index (χ1n) is 6.25. The average molecular weight is 210 g/mol. The van der Waals surface area contributed by atoms with Crippen molar-refractivity contribution in [3.05, 3.63) is 0 Å². The van der Waals surface area contributed by atoms with Gasteiger partial charge in [0.2, 0.25) is 5.91 Å². The number of nitrogens with zero attached hydrogens (tertiary/aromatic N) is 2. The smallest absolute Gasteiger partial charge is 0.236 e. The topological polar surface area (TPSA) is 23.6 Å². The van der Waals surface area contributed by atoms with E-state index in [0.29, 0.717) is 18.5 Å². The summed E-state index contributed by atoms with van der Waals surface area (Å²) in [5.74, 6) is 0.297. The molecular formula is C12H22N2O. The van der Waals surface area contributed by atoms with Gasteiger partial charge in [0.25, 0.3) is 0 Å². The van der Waals surface area contributed by atoms with E-state index >= 15 is 0 Å². The molecule has 1 amide bonds. The molecule has 2 rings (SSSR count). The molecule has 15 heavy (non-hydrogen) atoms. The number of rotatable bonds is 1. The summed E-state index contributed by atoms with van der Waals surface area (Å²) in [5.41, 5.74) is 0. The Morgan fingerprint density at radius 3 is 2.33 bits per heavy atom. The first-order chi connectivity index (χ1) is 7.27. The van der Waals surface area contributed by atoms with Gasteiger partial charge in [0.05, 0.1) is 6.54 Å². The minimum atomic E-state index is 0.297. The number of piperazine rings is 1. The highest BCUT2D eigenvalue weighted by atomic mass is 16.2. The van der Waals surface area contributed by atoms with Gasteiger partial charge in [-0.25, -0.2) is 0 Å². The zero-order valence-electron chi connectivity index (χ0n) is 9.74. The van der Waals surface area contributed by atoms with E-state index < -0.39 is 0 Å². The van der Waals surface area contributed by atoms with Gasteiger partial charge in [-0.05, 0) is 12.8 Å². The van der Waals surface area contributed by atoms with Crippen LogP contribution in [-0.4, -0.2) is 48.4 Å². The first kappa shape index (κ1) is 10.9. The van der Waals surface area contributed by atoms with Crippen molar-refractivity contribution < 1.29 is 4.79 Å². The molecule has 1 aliphatic heterocycles. The van der Waals surface area contributed by atoms with Crippen LogP contribution in [0.3, 0.4) is 0 Å². The van der Waals surface area contributed by atoms with Crippen molar-refractivity contribution in [2.24, 2.45) is 0 Å². The Hall–Kier alpha value is -0.570. The highest BCUT2D eigenvalue weighted by molar-refractivity contribution is 5.78. The van der Waals surface area contributed by atoms with E-state index in [4.69, 9.17) is 0 Å². The molecule has 86 valence electrons.